The van der Waals surface area contributed by atoms with Gasteiger partial charge in [0.15, 0.2) is 0 Å². The van der Waals surface area contributed by atoms with Crippen LogP contribution in [0.2, 0.25) is 0 Å². The van der Waals surface area contributed by atoms with E-state index in [0.29, 0.717) is 5.75 Å². The first-order chi connectivity index (χ1) is 4.74. The van der Waals surface area contributed by atoms with Crippen molar-refractivity contribution in [2.75, 3.05) is 0 Å². The molecule has 1 rings (SSSR count). The highest BCUT2D eigenvalue weighted by Gasteiger charge is 1.98. The predicted molar refractivity (Wildman–Crippen MR) is 52.3 cm³/mol. The van der Waals surface area contributed by atoms with E-state index >= 15 is 0 Å². The maximum absolute atomic E-state index is 4.14. The van der Waals surface area contributed by atoms with Gasteiger partial charge in [-0.05, 0) is 43.5 Å². The SMILES string of the molecule is SCc1cc(Br)cnc1Br. The molecule has 0 amide bonds. The molecule has 1 nitrogen and oxygen atoms in total. The molecule has 0 saturated heterocycles. The van der Waals surface area contributed by atoms with E-state index in [1.807, 2.05) is 6.07 Å². The summed E-state index contributed by atoms with van der Waals surface area (Å²) in [6.07, 6.45) is 1.75. The minimum absolute atomic E-state index is 0.701. The lowest BCUT2D eigenvalue weighted by Crippen LogP contribution is -1.83. The number of hydrogen-bond acceptors (Lipinski definition) is 2. The highest BCUT2D eigenvalue weighted by atomic mass is 79.9. The van der Waals surface area contributed by atoms with Gasteiger partial charge in [-0.1, -0.05) is 0 Å². The highest BCUT2D eigenvalue weighted by molar-refractivity contribution is 9.11. The second-order valence-electron chi connectivity index (χ2n) is 1.76. The monoisotopic (exact) mass is 281 g/mol. The van der Waals surface area contributed by atoms with E-state index in [-0.39, 0.29) is 0 Å². The summed E-state index contributed by atoms with van der Waals surface area (Å²) >= 11 is 10.8. The molecule has 0 saturated carbocycles. The van der Waals surface area contributed by atoms with Crippen molar-refractivity contribution in [3.05, 3.63) is 26.9 Å². The van der Waals surface area contributed by atoms with Crippen molar-refractivity contribution in [2.24, 2.45) is 0 Å². The Kier molecular flexibility index (Phi) is 3.20. The van der Waals surface area contributed by atoms with Crippen LogP contribution in [-0.4, -0.2) is 4.98 Å². The largest absolute Gasteiger partial charge is 0.248 e. The minimum Gasteiger partial charge on any atom is -0.248 e. The van der Waals surface area contributed by atoms with E-state index in [4.69, 9.17) is 0 Å². The average molecular weight is 283 g/mol. The molecule has 0 fully saturated rings. The smallest absolute Gasteiger partial charge is 0.110 e. The topological polar surface area (TPSA) is 12.9 Å². The number of thiol groups is 1. The summed E-state index contributed by atoms with van der Waals surface area (Å²) in [7, 11) is 0. The van der Waals surface area contributed by atoms with Crippen molar-refractivity contribution < 1.29 is 0 Å². The highest BCUT2D eigenvalue weighted by Crippen LogP contribution is 2.19. The van der Waals surface area contributed by atoms with E-state index in [0.717, 1.165) is 14.6 Å². The Labute approximate surface area is 81.9 Å². The summed E-state index contributed by atoms with van der Waals surface area (Å²) in [6, 6.07) is 1.99. The van der Waals surface area contributed by atoms with Gasteiger partial charge in [0.05, 0.1) is 0 Å². The van der Waals surface area contributed by atoms with Crippen LogP contribution in [0, 0.1) is 0 Å². The molecule has 0 aromatic carbocycles. The van der Waals surface area contributed by atoms with Gasteiger partial charge in [-0.2, -0.15) is 12.6 Å². The Bertz CT molecular complexity index is 239. The number of hydrogen-bond donors (Lipinski definition) is 1. The fraction of sp³-hybridized carbons (Fsp3) is 0.167. The third-order valence-electron chi connectivity index (χ3n) is 1.05. The van der Waals surface area contributed by atoms with Gasteiger partial charge >= 0.3 is 0 Å². The molecule has 10 heavy (non-hydrogen) atoms. The van der Waals surface area contributed by atoms with Crippen LogP contribution in [0.4, 0.5) is 0 Å². The summed E-state index contributed by atoms with van der Waals surface area (Å²) < 4.78 is 1.85. The second kappa shape index (κ2) is 3.74. The van der Waals surface area contributed by atoms with Gasteiger partial charge in [0.2, 0.25) is 0 Å². The Hall–Kier alpha value is 0.460. The molecule has 0 unspecified atom stereocenters. The second-order valence-corrected chi connectivity index (χ2v) is 3.74. The third-order valence-corrected chi connectivity index (χ3v) is 2.54. The fourth-order valence-corrected chi connectivity index (χ4v) is 1.77. The molecule has 0 spiro atoms. The van der Waals surface area contributed by atoms with Gasteiger partial charge in [-0.3, -0.25) is 0 Å². The standard InChI is InChI=1S/C6H5Br2NS/c7-5-1-4(3-10)6(8)9-2-5/h1-2,10H,3H2. The molecule has 0 aliphatic carbocycles. The van der Waals surface area contributed by atoms with Gasteiger partial charge in [0, 0.05) is 16.4 Å². The predicted octanol–water partition coefficient (Wildman–Crippen LogP) is 3.04. The van der Waals surface area contributed by atoms with Gasteiger partial charge in [-0.25, -0.2) is 4.98 Å². The maximum atomic E-state index is 4.14. The van der Waals surface area contributed by atoms with Crippen molar-refractivity contribution in [3.8, 4) is 0 Å². The van der Waals surface area contributed by atoms with Crippen molar-refractivity contribution >= 4 is 44.5 Å². The number of halogens is 2. The van der Waals surface area contributed by atoms with Crippen LogP contribution in [0.25, 0.3) is 0 Å². The summed E-state index contributed by atoms with van der Waals surface area (Å²) in [5.74, 6) is 0.701. The van der Waals surface area contributed by atoms with E-state index in [1.165, 1.54) is 0 Å². The average Bonchev–Trinajstić information content (AvgIpc) is 1.94. The summed E-state index contributed by atoms with van der Waals surface area (Å²) in [5, 5.41) is 0. The van der Waals surface area contributed by atoms with Crippen molar-refractivity contribution in [2.45, 2.75) is 5.75 Å². The molecular formula is C6H5Br2NS. The zero-order chi connectivity index (χ0) is 7.56. The molecule has 0 N–H and O–H groups in total. The van der Waals surface area contributed by atoms with E-state index in [2.05, 4.69) is 49.5 Å². The first kappa shape index (κ1) is 8.56. The summed E-state index contributed by atoms with van der Waals surface area (Å²) in [6.45, 7) is 0. The molecule has 0 aliphatic rings. The van der Waals surface area contributed by atoms with Crippen LogP contribution < -0.4 is 0 Å². The maximum Gasteiger partial charge on any atom is 0.110 e. The normalized spacial score (nSPS) is 9.90. The molecule has 1 aromatic heterocycles. The lowest BCUT2D eigenvalue weighted by molar-refractivity contribution is 1.19. The molecule has 1 aromatic rings. The van der Waals surface area contributed by atoms with Crippen LogP contribution in [0.1, 0.15) is 5.56 Å². The van der Waals surface area contributed by atoms with Crippen LogP contribution in [-0.2, 0) is 5.75 Å². The lowest BCUT2D eigenvalue weighted by atomic mass is 10.3. The molecule has 0 aliphatic heterocycles. The van der Waals surface area contributed by atoms with Gasteiger partial charge < -0.3 is 0 Å². The first-order valence-electron chi connectivity index (χ1n) is 2.65. The zero-order valence-corrected chi connectivity index (χ0v) is 9.08. The van der Waals surface area contributed by atoms with Crippen LogP contribution in [0.15, 0.2) is 21.3 Å². The van der Waals surface area contributed by atoms with E-state index in [1.54, 1.807) is 6.20 Å². The molecule has 54 valence electrons. The Morgan fingerprint density at radius 1 is 1.50 bits per heavy atom. The minimum atomic E-state index is 0.701. The molecule has 0 bridgehead atoms. The van der Waals surface area contributed by atoms with Crippen LogP contribution >= 0.6 is 44.5 Å². The van der Waals surface area contributed by atoms with Crippen molar-refractivity contribution in [1.29, 1.82) is 0 Å². The van der Waals surface area contributed by atoms with Crippen molar-refractivity contribution in [3.63, 3.8) is 0 Å². The number of aromatic nitrogens is 1. The lowest BCUT2D eigenvalue weighted by Gasteiger charge is -1.98. The summed E-state index contributed by atoms with van der Waals surface area (Å²) in [4.78, 5) is 4.07. The molecule has 0 radical (unpaired) electrons. The number of rotatable bonds is 1. The van der Waals surface area contributed by atoms with E-state index < -0.39 is 0 Å². The molecule has 1 heterocycles. The molecular weight excluding hydrogens is 278 g/mol. The summed E-state index contributed by atoms with van der Waals surface area (Å²) in [5.41, 5.74) is 1.10. The van der Waals surface area contributed by atoms with Gasteiger partial charge in [-0.15, -0.1) is 0 Å². The number of pyridine rings is 1. The Balaban J connectivity index is 3.09. The quantitative estimate of drug-likeness (QED) is 0.617. The zero-order valence-electron chi connectivity index (χ0n) is 5.01. The fourth-order valence-electron chi connectivity index (χ4n) is 0.575. The molecule has 4 heteroatoms. The van der Waals surface area contributed by atoms with E-state index in [9.17, 15) is 0 Å². The van der Waals surface area contributed by atoms with Gasteiger partial charge in [0.1, 0.15) is 4.60 Å². The Morgan fingerprint density at radius 2 is 2.20 bits per heavy atom. The molecule has 0 atom stereocenters. The van der Waals surface area contributed by atoms with Crippen LogP contribution in [0.5, 0.6) is 0 Å². The van der Waals surface area contributed by atoms with Crippen molar-refractivity contribution in [1.82, 2.24) is 4.98 Å². The van der Waals surface area contributed by atoms with Gasteiger partial charge in [0.25, 0.3) is 0 Å². The first-order valence-corrected chi connectivity index (χ1v) is 4.86. The Morgan fingerprint density at radius 3 is 2.70 bits per heavy atom. The van der Waals surface area contributed by atoms with Crippen LogP contribution in [0.3, 0.4) is 0 Å². The third kappa shape index (κ3) is 1.97. The number of nitrogens with zero attached hydrogens (tertiary/aromatic N) is 1.